The van der Waals surface area contributed by atoms with Crippen LogP contribution in [0.3, 0.4) is 0 Å². The lowest BCUT2D eigenvalue weighted by Crippen LogP contribution is -2.73. The van der Waals surface area contributed by atoms with Gasteiger partial charge in [-0.3, -0.25) is 9.59 Å². The predicted molar refractivity (Wildman–Crippen MR) is 245 cm³/mol. The highest BCUT2D eigenvalue weighted by atomic mass is 32.2. The van der Waals surface area contributed by atoms with Crippen LogP contribution >= 0.6 is 11.8 Å². The highest BCUT2D eigenvalue weighted by molar-refractivity contribution is 8.00. The lowest BCUT2D eigenvalue weighted by molar-refractivity contribution is -0.283. The zero-order chi connectivity index (χ0) is 48.0. The average molecular weight is 943 g/mol. The second kappa shape index (κ2) is 17.0. The van der Waals surface area contributed by atoms with Gasteiger partial charge in [0.1, 0.15) is 22.9 Å². The number of cyclic esters (lactones) is 1. The van der Waals surface area contributed by atoms with Crippen LogP contribution in [0.2, 0.25) is 0 Å². The van der Waals surface area contributed by atoms with Crippen LogP contribution in [0.1, 0.15) is 139 Å². The smallest absolute Gasteiger partial charge is 0.408 e. The van der Waals surface area contributed by atoms with Gasteiger partial charge in [0.2, 0.25) is 5.91 Å². The number of alkyl carbamates (subject to hydrolysis) is 1. The summed E-state index contributed by atoms with van der Waals surface area (Å²) in [6.07, 6.45) is 5.84. The molecular formula is C49H74N4O12S. The van der Waals surface area contributed by atoms with Crippen LogP contribution in [0.4, 0.5) is 9.59 Å². The Morgan fingerprint density at radius 1 is 1.00 bits per heavy atom. The molecule has 4 amide bonds. The molecule has 3 saturated heterocycles. The first-order valence-corrected chi connectivity index (χ1v) is 25.3. The molecule has 0 aromatic rings. The van der Waals surface area contributed by atoms with Gasteiger partial charge in [-0.15, -0.1) is 0 Å². The summed E-state index contributed by atoms with van der Waals surface area (Å²) < 4.78 is 24.6. The Morgan fingerprint density at radius 2 is 1.74 bits per heavy atom. The maximum Gasteiger partial charge on any atom is 0.408 e. The molecule has 1 spiro atoms. The van der Waals surface area contributed by atoms with Crippen molar-refractivity contribution < 1.29 is 58.2 Å². The number of hydrogen-bond donors (Lipinski definition) is 7. The minimum atomic E-state index is -1.89. The summed E-state index contributed by atoms with van der Waals surface area (Å²) >= 11 is 1.88. The second-order valence-corrected chi connectivity index (χ2v) is 24.0. The third-order valence-electron chi connectivity index (χ3n) is 18.1. The first-order valence-electron chi connectivity index (χ1n) is 24.3. The molecule has 0 radical (unpaired) electrons. The van der Waals surface area contributed by atoms with Gasteiger partial charge in [-0.2, -0.15) is 11.8 Å². The van der Waals surface area contributed by atoms with Crippen LogP contribution in [0.15, 0.2) is 23.3 Å². The Hall–Kier alpha value is -3.22. The van der Waals surface area contributed by atoms with Gasteiger partial charge in [-0.1, -0.05) is 18.9 Å². The number of amides is 4. The van der Waals surface area contributed by atoms with Crippen molar-refractivity contribution in [2.24, 2.45) is 22.7 Å². The number of ether oxygens (including phenoxy) is 4. The highest BCUT2D eigenvalue weighted by Gasteiger charge is 2.85. The van der Waals surface area contributed by atoms with E-state index in [1.807, 2.05) is 60.2 Å². The predicted octanol–water partition coefficient (Wildman–Crippen LogP) is 4.66. The molecule has 8 rings (SSSR count). The van der Waals surface area contributed by atoms with Crippen molar-refractivity contribution >= 4 is 41.5 Å². The fourth-order valence-electron chi connectivity index (χ4n) is 13.5. The molecule has 368 valence electrons. The minimum absolute atomic E-state index is 0.0102. The van der Waals surface area contributed by atoms with E-state index in [1.54, 1.807) is 13.0 Å². The molecule has 0 aromatic heterocycles. The number of urea groups is 1. The van der Waals surface area contributed by atoms with Crippen LogP contribution in [0, 0.1) is 22.7 Å². The number of carbonyl (C=O) groups is 5. The molecule has 14 atom stereocenters. The molecule has 8 aliphatic rings. The van der Waals surface area contributed by atoms with Gasteiger partial charge in [0, 0.05) is 53.5 Å². The van der Waals surface area contributed by atoms with Gasteiger partial charge < -0.3 is 55.5 Å². The first kappa shape index (κ1) is 49.2. The summed E-state index contributed by atoms with van der Waals surface area (Å²) in [6, 6.07) is 0.291. The number of hydrogen-bond acceptors (Lipinski definition) is 13. The van der Waals surface area contributed by atoms with E-state index < -0.39 is 80.7 Å². The Morgan fingerprint density at radius 3 is 2.47 bits per heavy atom. The quantitative estimate of drug-likeness (QED) is 0.0484. The van der Waals surface area contributed by atoms with E-state index in [0.717, 1.165) is 30.6 Å². The third kappa shape index (κ3) is 7.90. The van der Waals surface area contributed by atoms with Crippen molar-refractivity contribution in [2.75, 3.05) is 18.9 Å². The Labute approximate surface area is 393 Å². The number of aliphatic hydroxyl groups is 3. The molecule has 4 unspecified atom stereocenters. The normalized spacial score (nSPS) is 41.0. The molecule has 0 aromatic carbocycles. The maximum absolute atomic E-state index is 14.2. The van der Waals surface area contributed by atoms with Crippen molar-refractivity contribution in [1.82, 2.24) is 21.3 Å². The van der Waals surface area contributed by atoms with E-state index in [9.17, 15) is 39.3 Å². The van der Waals surface area contributed by atoms with E-state index in [0.29, 0.717) is 56.1 Å². The van der Waals surface area contributed by atoms with Gasteiger partial charge in [0.15, 0.2) is 11.9 Å². The topological polar surface area (TPSA) is 234 Å². The van der Waals surface area contributed by atoms with E-state index in [2.05, 4.69) is 21.3 Å². The zero-order valence-electron chi connectivity index (χ0n) is 40.3. The van der Waals surface area contributed by atoms with Gasteiger partial charge in [-0.25, -0.2) is 14.4 Å². The van der Waals surface area contributed by atoms with E-state index in [1.165, 1.54) is 13.0 Å². The fourth-order valence-corrected chi connectivity index (χ4v) is 15.1. The van der Waals surface area contributed by atoms with Crippen LogP contribution < -0.4 is 21.3 Å². The molecule has 4 heterocycles. The number of esters is 1. The Balaban J connectivity index is 0.817. The van der Waals surface area contributed by atoms with E-state index in [4.69, 9.17) is 18.9 Å². The average Bonchev–Trinajstić information content (AvgIpc) is 3.58. The lowest BCUT2D eigenvalue weighted by atomic mass is 9.42. The number of nitrogens with one attached hydrogen (secondary N) is 4. The summed E-state index contributed by atoms with van der Waals surface area (Å²) in [6.45, 7) is 17.2. The minimum Gasteiger partial charge on any atom is -0.455 e. The van der Waals surface area contributed by atoms with E-state index >= 15 is 0 Å². The summed E-state index contributed by atoms with van der Waals surface area (Å²) in [4.78, 5) is 64.8. The Kier molecular flexibility index (Phi) is 12.7. The number of unbranched alkanes of at least 4 members (excludes halogenated alkanes) is 1. The monoisotopic (exact) mass is 943 g/mol. The molecule has 7 N–H and O–H groups in total. The number of ketones is 1. The molecule has 6 fully saturated rings. The summed E-state index contributed by atoms with van der Waals surface area (Å²) in [5.74, 6) is -0.614. The standard InChI is InChI=1S/C49H74N4O12S/c1-27-24-35(63-39(56)28(27)2)46(9,59)48(61)19-18-47(60)30-25-36-49(65-36)34(15-14-33(54)45(49,8)29(30)16-17-44(47,48)7)64-41(58)53-42(3,4)21-23-62-43(5,6)20-22-50-37(55)13-11-10-12-32-38-31(26-66-32)51-40(57)52-38/h14-15,29-32,34-36,38,59-61H,10-13,16-26H2,1-9H3,(H,50,55)(H,53,58)(H2,51,52,57)/t29-,30+,31?,32?,34-,35?,36+,38?,44-,45-,46-,47+,48-,49+/m0/s1. The fraction of sp³-hybridized carbons (Fsp3) is 0.816. The van der Waals surface area contributed by atoms with Gasteiger partial charge in [-0.05, 0) is 137 Å². The molecule has 4 aliphatic carbocycles. The third-order valence-corrected chi connectivity index (χ3v) is 19.6. The molecule has 3 saturated carbocycles. The van der Waals surface area contributed by atoms with Gasteiger partial charge >= 0.3 is 18.1 Å². The van der Waals surface area contributed by atoms with Crippen LogP contribution in [0.5, 0.6) is 0 Å². The second-order valence-electron chi connectivity index (χ2n) is 22.7. The largest absolute Gasteiger partial charge is 0.455 e. The van der Waals surface area contributed by atoms with Crippen molar-refractivity contribution in [3.05, 3.63) is 23.3 Å². The SMILES string of the molecule is CC1=C(C)C(=O)OC([C@](C)(O)[C@]2(O)CC[C@@]3(O)[C@@H]4C[C@H]5O[C@]56[C@@H](OC(=O)NC(C)(C)CCOC(C)(C)CCNC(=O)CCCCC5SCC7NC(=O)NC75)C=CC(=O)[C@]6(C)[C@H]4CC[C@]23C)C1. The number of thioether (sulfide) groups is 1. The molecule has 17 heteroatoms. The Bertz CT molecular complexity index is 2060. The van der Waals surface area contributed by atoms with Gasteiger partial charge in [0.05, 0.1) is 34.8 Å². The summed E-state index contributed by atoms with van der Waals surface area (Å²) in [5, 5.41) is 50.2. The molecule has 4 aliphatic heterocycles. The molecule has 0 bridgehead atoms. The molecule has 16 nitrogen and oxygen atoms in total. The van der Waals surface area contributed by atoms with Crippen molar-refractivity contribution in [1.29, 1.82) is 0 Å². The van der Waals surface area contributed by atoms with Crippen LogP contribution in [-0.2, 0) is 33.3 Å². The number of carbonyl (C=O) groups excluding carboxylic acids is 5. The zero-order valence-corrected chi connectivity index (χ0v) is 41.1. The number of allylic oxidation sites excluding steroid dienone is 1. The molecular weight excluding hydrogens is 869 g/mol. The van der Waals surface area contributed by atoms with Crippen LogP contribution in [0.25, 0.3) is 0 Å². The van der Waals surface area contributed by atoms with Crippen LogP contribution in [-0.4, -0.2) is 133 Å². The van der Waals surface area contributed by atoms with E-state index in [-0.39, 0.29) is 61.4 Å². The van der Waals surface area contributed by atoms with Crippen molar-refractivity contribution in [3.8, 4) is 0 Å². The first-order chi connectivity index (χ1) is 30.8. The lowest BCUT2D eigenvalue weighted by Gasteiger charge is -2.63. The number of rotatable bonds is 16. The van der Waals surface area contributed by atoms with Crippen molar-refractivity contribution in [2.45, 2.75) is 209 Å². The summed E-state index contributed by atoms with van der Waals surface area (Å²) in [5.41, 5.74) is -8.69. The molecule has 66 heavy (non-hydrogen) atoms. The van der Waals surface area contributed by atoms with Gasteiger partial charge in [0.25, 0.3) is 0 Å². The highest BCUT2D eigenvalue weighted by Crippen LogP contribution is 2.75. The number of epoxide rings is 1. The number of fused-ring (bicyclic) bond motifs is 5. The summed E-state index contributed by atoms with van der Waals surface area (Å²) in [7, 11) is 0. The van der Waals surface area contributed by atoms with Crippen molar-refractivity contribution in [3.63, 3.8) is 0 Å². The maximum atomic E-state index is 14.2.